The van der Waals surface area contributed by atoms with Crippen molar-refractivity contribution in [2.45, 2.75) is 129 Å². The predicted molar refractivity (Wildman–Crippen MR) is 118 cm³/mol. The summed E-state index contributed by atoms with van der Waals surface area (Å²) in [6.07, 6.45) is 18.6. The van der Waals surface area contributed by atoms with Gasteiger partial charge in [-0.1, -0.05) is 90.9 Å². The average molecular weight is 425 g/mol. The van der Waals surface area contributed by atoms with Crippen LogP contribution in [0.5, 0.6) is 0 Å². The molecule has 0 aromatic carbocycles. The molecule has 0 aliphatic carbocycles. The van der Waals surface area contributed by atoms with Gasteiger partial charge in [-0.05, 0) is 19.3 Å². The summed E-state index contributed by atoms with van der Waals surface area (Å²) >= 11 is 0. The summed E-state index contributed by atoms with van der Waals surface area (Å²) in [5.41, 5.74) is 0. The molecule has 1 saturated heterocycles. The first-order chi connectivity index (χ1) is 13.2. The van der Waals surface area contributed by atoms with Crippen molar-refractivity contribution < 1.29 is 19.1 Å². The third-order valence-corrected chi connectivity index (χ3v) is 5.76. The van der Waals surface area contributed by atoms with Crippen LogP contribution in [0, 0.1) is 5.92 Å². The van der Waals surface area contributed by atoms with Crippen LogP contribution in [0.1, 0.15) is 117 Å². The number of rotatable bonds is 19. The maximum absolute atomic E-state index is 11.7. The Morgan fingerprint density at radius 1 is 0.893 bits per heavy atom. The maximum atomic E-state index is 11.7. The van der Waals surface area contributed by atoms with Crippen molar-refractivity contribution in [3.63, 3.8) is 0 Å². The number of hydrogen-bond acceptors (Lipinski definition) is 4. The summed E-state index contributed by atoms with van der Waals surface area (Å²) in [5.74, 6) is -0.0489. The van der Waals surface area contributed by atoms with E-state index in [2.05, 4.69) is 13.8 Å². The van der Waals surface area contributed by atoms with E-state index < -0.39 is 0 Å². The van der Waals surface area contributed by atoms with E-state index in [0.717, 1.165) is 25.7 Å². The SMILES string of the molecule is CCCCCCCCCCCC(C[C@@H]1OC(=O)[C@H]1CCCCCC)OC=O.[CaH2]. The van der Waals surface area contributed by atoms with Gasteiger partial charge in [0.25, 0.3) is 6.47 Å². The van der Waals surface area contributed by atoms with Crippen LogP contribution in [0.3, 0.4) is 0 Å². The molecule has 0 N–H and O–H groups in total. The molecule has 0 spiro atoms. The topological polar surface area (TPSA) is 52.6 Å². The first-order valence-corrected chi connectivity index (χ1v) is 11.5. The summed E-state index contributed by atoms with van der Waals surface area (Å²) in [7, 11) is 0. The molecule has 1 rings (SSSR count). The van der Waals surface area contributed by atoms with E-state index in [9.17, 15) is 9.59 Å². The second-order valence-electron chi connectivity index (χ2n) is 8.14. The van der Waals surface area contributed by atoms with Crippen LogP contribution in [0.2, 0.25) is 0 Å². The van der Waals surface area contributed by atoms with E-state index in [-0.39, 0.29) is 61.8 Å². The Bertz CT molecular complexity index is 389. The number of carbonyl (C=O) groups excluding carboxylic acids is 2. The zero-order valence-corrected chi connectivity index (χ0v) is 17.8. The number of carbonyl (C=O) groups is 2. The van der Waals surface area contributed by atoms with Gasteiger partial charge in [0.05, 0.1) is 5.92 Å². The van der Waals surface area contributed by atoms with Gasteiger partial charge in [-0.25, -0.2) is 0 Å². The molecule has 3 atom stereocenters. The fourth-order valence-electron chi connectivity index (χ4n) is 3.97. The van der Waals surface area contributed by atoms with Gasteiger partial charge in [-0.3, -0.25) is 9.59 Å². The normalized spacial score (nSPS) is 19.3. The Labute approximate surface area is 202 Å². The molecule has 1 fully saturated rings. The van der Waals surface area contributed by atoms with Gasteiger partial charge in [0.2, 0.25) is 0 Å². The number of hydrogen-bond donors (Lipinski definition) is 0. The molecule has 0 saturated carbocycles. The van der Waals surface area contributed by atoms with E-state index in [0.29, 0.717) is 12.9 Å². The quantitative estimate of drug-likeness (QED) is 0.120. The van der Waals surface area contributed by atoms with Gasteiger partial charge in [0.1, 0.15) is 12.2 Å². The van der Waals surface area contributed by atoms with Crippen molar-refractivity contribution in [3.05, 3.63) is 0 Å². The van der Waals surface area contributed by atoms with Gasteiger partial charge in [0, 0.05) is 6.42 Å². The number of unbranched alkanes of at least 4 members (excludes halogenated alkanes) is 11. The van der Waals surface area contributed by atoms with E-state index in [1.54, 1.807) is 0 Å². The molecule has 1 aliphatic heterocycles. The Morgan fingerprint density at radius 2 is 1.43 bits per heavy atom. The zero-order valence-electron chi connectivity index (χ0n) is 17.8. The summed E-state index contributed by atoms with van der Waals surface area (Å²) < 4.78 is 10.6. The molecule has 5 heteroatoms. The van der Waals surface area contributed by atoms with Crippen LogP contribution in [0.15, 0.2) is 0 Å². The second kappa shape index (κ2) is 19.2. The molecule has 1 unspecified atom stereocenters. The van der Waals surface area contributed by atoms with E-state index in [4.69, 9.17) is 9.47 Å². The summed E-state index contributed by atoms with van der Waals surface area (Å²) in [6.45, 7) is 4.99. The molecule has 0 bridgehead atoms. The van der Waals surface area contributed by atoms with Gasteiger partial charge in [-0.2, -0.15) is 0 Å². The third-order valence-electron chi connectivity index (χ3n) is 5.76. The minimum absolute atomic E-state index is 0. The number of esters is 1. The second-order valence-corrected chi connectivity index (χ2v) is 8.14. The van der Waals surface area contributed by atoms with E-state index >= 15 is 0 Å². The van der Waals surface area contributed by atoms with Crippen LogP contribution < -0.4 is 0 Å². The summed E-state index contributed by atoms with van der Waals surface area (Å²) in [5, 5.41) is 0. The van der Waals surface area contributed by atoms with Gasteiger partial charge < -0.3 is 9.47 Å². The summed E-state index contributed by atoms with van der Waals surface area (Å²) in [4.78, 5) is 22.6. The molecule has 0 radical (unpaired) electrons. The summed E-state index contributed by atoms with van der Waals surface area (Å²) in [6, 6.07) is 0. The van der Waals surface area contributed by atoms with Crippen molar-refractivity contribution in [2.24, 2.45) is 5.92 Å². The molecular weight excluding hydrogens is 380 g/mol. The Balaban J connectivity index is 0.00000729. The molecule has 28 heavy (non-hydrogen) atoms. The first-order valence-electron chi connectivity index (χ1n) is 11.5. The van der Waals surface area contributed by atoms with Crippen LogP contribution in [-0.4, -0.2) is 62.4 Å². The monoisotopic (exact) mass is 424 g/mol. The number of ether oxygens (including phenoxy) is 2. The van der Waals surface area contributed by atoms with Crippen molar-refractivity contribution in [1.82, 2.24) is 0 Å². The molecule has 0 amide bonds. The zero-order chi connectivity index (χ0) is 19.7. The third kappa shape index (κ3) is 12.7. The van der Waals surface area contributed by atoms with Crippen LogP contribution in [0.25, 0.3) is 0 Å². The fraction of sp³-hybridized carbons (Fsp3) is 0.913. The molecular formula is C23H44CaO4. The minimum atomic E-state index is -0.108. The average Bonchev–Trinajstić information content (AvgIpc) is 2.66. The fourth-order valence-corrected chi connectivity index (χ4v) is 3.97. The van der Waals surface area contributed by atoms with Crippen LogP contribution in [0.4, 0.5) is 0 Å². The molecule has 1 heterocycles. The van der Waals surface area contributed by atoms with E-state index in [1.807, 2.05) is 0 Å². The standard InChI is InChI=1S/C23H42O4.Ca.2H/c1-3-5-7-9-10-11-12-13-14-16-20(26-19-24)18-22-21(23(25)27-22)17-15-8-6-4-2;;;/h19-22H,3-18H2,1-2H3;;;/t20?,21-,22-;;;/m0.../s1. The number of cyclic esters (lactones) is 1. The van der Waals surface area contributed by atoms with Crippen molar-refractivity contribution in [1.29, 1.82) is 0 Å². The Hall–Kier alpha value is 0.200. The Morgan fingerprint density at radius 3 is 1.96 bits per heavy atom. The molecule has 0 aromatic rings. The molecule has 0 aromatic heterocycles. The predicted octanol–water partition coefficient (Wildman–Crippen LogP) is 5.43. The van der Waals surface area contributed by atoms with Crippen molar-refractivity contribution >= 4 is 50.2 Å². The van der Waals surface area contributed by atoms with Gasteiger partial charge >= 0.3 is 43.7 Å². The van der Waals surface area contributed by atoms with Crippen LogP contribution >= 0.6 is 0 Å². The molecule has 4 nitrogen and oxygen atoms in total. The van der Waals surface area contributed by atoms with Crippen LogP contribution in [-0.2, 0) is 19.1 Å². The van der Waals surface area contributed by atoms with E-state index in [1.165, 1.54) is 70.6 Å². The first kappa shape index (κ1) is 28.2. The van der Waals surface area contributed by atoms with Gasteiger partial charge in [0.15, 0.2) is 0 Å². The molecule has 1 aliphatic rings. The van der Waals surface area contributed by atoms with Gasteiger partial charge in [-0.15, -0.1) is 0 Å². The Kier molecular flexibility index (Phi) is 19.3. The van der Waals surface area contributed by atoms with Crippen molar-refractivity contribution in [2.75, 3.05) is 0 Å². The molecule has 162 valence electrons. The van der Waals surface area contributed by atoms with Crippen molar-refractivity contribution in [3.8, 4) is 0 Å².